The van der Waals surface area contributed by atoms with Crippen molar-refractivity contribution in [3.63, 3.8) is 0 Å². The minimum absolute atomic E-state index is 0.0321. The summed E-state index contributed by atoms with van der Waals surface area (Å²) in [5.41, 5.74) is 9.10. The van der Waals surface area contributed by atoms with Gasteiger partial charge in [-0.2, -0.15) is 0 Å². The molecule has 0 fully saturated rings. The van der Waals surface area contributed by atoms with Gasteiger partial charge in [-0.3, -0.25) is 0 Å². The number of nitrogens with two attached hydrogens (primary N) is 1. The molecule has 0 radical (unpaired) electrons. The van der Waals surface area contributed by atoms with Crippen LogP contribution in [0.25, 0.3) is 11.2 Å². The van der Waals surface area contributed by atoms with E-state index >= 15 is 0 Å². The fourth-order valence-corrected chi connectivity index (χ4v) is 2.47. The number of anilines is 2. The Morgan fingerprint density at radius 3 is 2.96 bits per heavy atom. The van der Waals surface area contributed by atoms with Crippen molar-refractivity contribution in [1.29, 1.82) is 5.41 Å². The van der Waals surface area contributed by atoms with Crippen molar-refractivity contribution < 1.29 is 0 Å². The van der Waals surface area contributed by atoms with E-state index in [1.54, 1.807) is 25.6 Å². The van der Waals surface area contributed by atoms with Crippen LogP contribution in [0.15, 0.2) is 43.1 Å². The van der Waals surface area contributed by atoms with Crippen molar-refractivity contribution in [3.05, 3.63) is 54.4 Å². The summed E-state index contributed by atoms with van der Waals surface area (Å²) in [6, 6.07) is 3.94. The highest BCUT2D eigenvalue weighted by atomic mass is 15.1. The highest BCUT2D eigenvalue weighted by Gasteiger charge is 2.12. The summed E-state index contributed by atoms with van der Waals surface area (Å²) in [5.74, 6) is 0.799. The number of fused-ring (bicyclic) bond motifs is 1. The first-order valence-electron chi connectivity index (χ1n) is 7.82. The molecule has 8 heteroatoms. The molecule has 0 aliphatic heterocycles. The van der Waals surface area contributed by atoms with E-state index < -0.39 is 0 Å². The number of allylic oxidation sites excluding steroid dienone is 1. The third kappa shape index (κ3) is 3.42. The largest absolute Gasteiger partial charge is 0.393 e. The number of pyridine rings is 1. The third-order valence-corrected chi connectivity index (χ3v) is 3.82. The lowest BCUT2D eigenvalue weighted by atomic mass is 10.1. The Morgan fingerprint density at radius 2 is 2.20 bits per heavy atom. The fourth-order valence-electron chi connectivity index (χ4n) is 2.47. The molecule has 3 aromatic rings. The Bertz CT molecular complexity index is 927. The molecule has 0 saturated carbocycles. The molecule has 0 amide bonds. The topological polar surface area (TPSA) is 117 Å². The Balaban J connectivity index is 1.88. The van der Waals surface area contributed by atoms with Gasteiger partial charge >= 0.3 is 0 Å². The zero-order valence-corrected chi connectivity index (χ0v) is 14.1. The van der Waals surface area contributed by atoms with Crippen molar-refractivity contribution >= 4 is 29.1 Å². The molecule has 0 aliphatic rings. The quantitative estimate of drug-likeness (QED) is 0.512. The molecule has 25 heavy (non-hydrogen) atoms. The lowest BCUT2D eigenvalue weighted by Gasteiger charge is -2.17. The first-order valence-corrected chi connectivity index (χ1v) is 7.82. The standard InChI is InChI=1S/C17H20N8/c1-11(12-3-4-15-21-5-6-25(15)10-12)23-17-16(19)22-9-14(24-17)13(7-18)8-20-2/h3-11,18,20H,1-2H3,(H2,19,22)(H,23,24)/b13-8+,18-7?. The second-order valence-electron chi connectivity index (χ2n) is 5.54. The first-order chi connectivity index (χ1) is 12.1. The highest BCUT2D eigenvalue weighted by molar-refractivity contribution is 6.07. The number of hydrogen-bond acceptors (Lipinski definition) is 7. The van der Waals surface area contributed by atoms with Gasteiger partial charge in [-0.15, -0.1) is 0 Å². The van der Waals surface area contributed by atoms with Crippen LogP contribution in [0.4, 0.5) is 11.6 Å². The lowest BCUT2D eigenvalue weighted by Crippen LogP contribution is -2.12. The van der Waals surface area contributed by atoms with Gasteiger partial charge in [0.1, 0.15) is 5.65 Å². The van der Waals surface area contributed by atoms with Crippen LogP contribution in [0, 0.1) is 5.41 Å². The molecule has 5 N–H and O–H groups in total. The van der Waals surface area contributed by atoms with Gasteiger partial charge in [0.25, 0.3) is 0 Å². The molecule has 3 rings (SSSR count). The third-order valence-electron chi connectivity index (χ3n) is 3.82. The van der Waals surface area contributed by atoms with Gasteiger partial charge in [-0.05, 0) is 18.6 Å². The first kappa shape index (κ1) is 16.4. The SMILES string of the molecule is CN/C=C(\C=N)c1cnc(N)c(NC(C)c2ccc3nccn3c2)n1. The van der Waals surface area contributed by atoms with E-state index in [2.05, 4.69) is 25.6 Å². The number of hydrogen-bond donors (Lipinski definition) is 4. The van der Waals surface area contributed by atoms with Gasteiger partial charge in [0.2, 0.25) is 0 Å². The molecule has 1 unspecified atom stereocenters. The molecule has 128 valence electrons. The molecular weight excluding hydrogens is 316 g/mol. The summed E-state index contributed by atoms with van der Waals surface area (Å²) < 4.78 is 1.96. The van der Waals surface area contributed by atoms with Crippen LogP contribution in [-0.4, -0.2) is 32.6 Å². The molecule has 3 aromatic heterocycles. The molecule has 0 aromatic carbocycles. The van der Waals surface area contributed by atoms with Gasteiger partial charge in [0.15, 0.2) is 11.6 Å². The van der Waals surface area contributed by atoms with Crippen LogP contribution in [-0.2, 0) is 0 Å². The summed E-state index contributed by atoms with van der Waals surface area (Å²) in [4.78, 5) is 12.9. The zero-order chi connectivity index (χ0) is 17.8. The van der Waals surface area contributed by atoms with Gasteiger partial charge < -0.3 is 26.2 Å². The van der Waals surface area contributed by atoms with Crippen molar-refractivity contribution in [2.75, 3.05) is 18.1 Å². The lowest BCUT2D eigenvalue weighted by molar-refractivity contribution is 0.859. The number of imidazole rings is 1. The smallest absolute Gasteiger partial charge is 0.170 e. The molecule has 0 spiro atoms. The van der Waals surface area contributed by atoms with E-state index in [0.29, 0.717) is 22.9 Å². The van der Waals surface area contributed by atoms with Crippen molar-refractivity contribution in [2.45, 2.75) is 13.0 Å². The minimum Gasteiger partial charge on any atom is -0.393 e. The number of nitrogen functional groups attached to an aromatic ring is 1. The second kappa shape index (κ2) is 7.00. The van der Waals surface area contributed by atoms with E-state index in [-0.39, 0.29) is 6.04 Å². The number of nitrogens with one attached hydrogen (secondary N) is 3. The van der Waals surface area contributed by atoms with Crippen molar-refractivity contribution in [2.24, 2.45) is 0 Å². The maximum absolute atomic E-state index is 7.50. The highest BCUT2D eigenvalue weighted by Crippen LogP contribution is 2.23. The summed E-state index contributed by atoms with van der Waals surface area (Å²) in [7, 11) is 1.77. The monoisotopic (exact) mass is 336 g/mol. The van der Waals surface area contributed by atoms with Crippen LogP contribution in [0.5, 0.6) is 0 Å². The van der Waals surface area contributed by atoms with Gasteiger partial charge in [0, 0.05) is 43.6 Å². The fraction of sp³-hybridized carbons (Fsp3) is 0.176. The molecule has 8 nitrogen and oxygen atoms in total. The maximum Gasteiger partial charge on any atom is 0.170 e. The number of aromatic nitrogens is 4. The molecule has 0 aliphatic carbocycles. The van der Waals surface area contributed by atoms with Crippen LogP contribution in [0.3, 0.4) is 0 Å². The van der Waals surface area contributed by atoms with Crippen LogP contribution in [0.2, 0.25) is 0 Å². The summed E-state index contributed by atoms with van der Waals surface area (Å²) in [6.45, 7) is 2.02. The van der Waals surface area contributed by atoms with E-state index in [1.807, 2.05) is 35.9 Å². The molecule has 0 saturated heterocycles. The average Bonchev–Trinajstić information content (AvgIpc) is 3.09. The predicted octanol–water partition coefficient (Wildman–Crippen LogP) is 2.09. The average molecular weight is 336 g/mol. The van der Waals surface area contributed by atoms with Crippen LogP contribution >= 0.6 is 0 Å². The van der Waals surface area contributed by atoms with E-state index in [0.717, 1.165) is 11.2 Å². The second-order valence-corrected chi connectivity index (χ2v) is 5.54. The van der Waals surface area contributed by atoms with Gasteiger partial charge in [-0.1, -0.05) is 6.07 Å². The Hall–Kier alpha value is -3.42. The molecule has 3 heterocycles. The Labute approximate surface area is 145 Å². The zero-order valence-electron chi connectivity index (χ0n) is 14.1. The Morgan fingerprint density at radius 1 is 1.36 bits per heavy atom. The molecule has 0 bridgehead atoms. The van der Waals surface area contributed by atoms with Gasteiger partial charge in [0.05, 0.1) is 17.9 Å². The van der Waals surface area contributed by atoms with E-state index in [1.165, 1.54) is 6.21 Å². The molecular formula is C17H20N8. The normalized spacial score (nSPS) is 12.8. The van der Waals surface area contributed by atoms with Crippen LogP contribution in [0.1, 0.15) is 24.2 Å². The Kier molecular flexibility index (Phi) is 4.60. The predicted molar refractivity (Wildman–Crippen MR) is 99.5 cm³/mol. The van der Waals surface area contributed by atoms with Crippen molar-refractivity contribution in [1.82, 2.24) is 24.7 Å². The summed E-state index contributed by atoms with van der Waals surface area (Å²) in [5, 5.41) is 13.7. The van der Waals surface area contributed by atoms with Crippen LogP contribution < -0.4 is 16.4 Å². The maximum atomic E-state index is 7.50. The van der Waals surface area contributed by atoms with E-state index in [4.69, 9.17) is 11.1 Å². The van der Waals surface area contributed by atoms with E-state index in [9.17, 15) is 0 Å². The summed E-state index contributed by atoms with van der Waals surface area (Å²) in [6.07, 6.45) is 10.1. The summed E-state index contributed by atoms with van der Waals surface area (Å²) >= 11 is 0. The van der Waals surface area contributed by atoms with Crippen molar-refractivity contribution in [3.8, 4) is 0 Å². The molecule has 1 atom stereocenters. The van der Waals surface area contributed by atoms with Gasteiger partial charge in [-0.25, -0.2) is 15.0 Å². The number of rotatable bonds is 6. The minimum atomic E-state index is -0.0321. The number of nitrogens with zero attached hydrogens (tertiary/aromatic N) is 4.